The zero-order valence-electron chi connectivity index (χ0n) is 10.7. The number of hydrogen-bond donors (Lipinski definition) is 1. The highest BCUT2D eigenvalue weighted by atomic mass is 32.2. The van der Waals surface area contributed by atoms with Crippen molar-refractivity contribution in [2.45, 2.75) is 17.9 Å². The summed E-state index contributed by atoms with van der Waals surface area (Å²) < 4.78 is 12.3. The van der Waals surface area contributed by atoms with Gasteiger partial charge in [-0.15, -0.1) is 0 Å². The Balaban J connectivity index is 1.77. The van der Waals surface area contributed by atoms with Crippen LogP contribution in [0.4, 0.5) is 0 Å². The molecule has 4 nitrogen and oxygen atoms in total. The van der Waals surface area contributed by atoms with Crippen LogP contribution in [0.5, 0.6) is 0 Å². The number of nitrogens with zero attached hydrogens (tertiary/aromatic N) is 2. The van der Waals surface area contributed by atoms with Crippen molar-refractivity contribution in [3.8, 4) is 0 Å². The molecule has 0 saturated carbocycles. The summed E-state index contributed by atoms with van der Waals surface area (Å²) in [4.78, 5) is 8.79. The van der Waals surface area contributed by atoms with E-state index in [1.807, 2.05) is 24.3 Å². The van der Waals surface area contributed by atoms with Gasteiger partial charge in [0.25, 0.3) is 0 Å². The van der Waals surface area contributed by atoms with Crippen LogP contribution in [0, 0.1) is 5.92 Å². The summed E-state index contributed by atoms with van der Waals surface area (Å²) in [5.41, 5.74) is 1.67. The van der Waals surface area contributed by atoms with E-state index in [2.05, 4.69) is 15.3 Å². The van der Waals surface area contributed by atoms with Crippen LogP contribution in [0.3, 0.4) is 0 Å². The number of hydrogen-bond acceptors (Lipinski definition) is 4. The molecule has 1 saturated heterocycles. The van der Waals surface area contributed by atoms with E-state index in [0.29, 0.717) is 16.7 Å². The minimum absolute atomic E-state index is 0.537. The number of fused-ring (bicyclic) bond motifs is 1. The predicted molar refractivity (Wildman–Crippen MR) is 76.4 cm³/mol. The van der Waals surface area contributed by atoms with Gasteiger partial charge in [-0.2, -0.15) is 0 Å². The minimum Gasteiger partial charge on any atom is -0.317 e. The molecule has 1 aromatic carbocycles. The van der Waals surface area contributed by atoms with E-state index in [1.165, 1.54) is 0 Å². The summed E-state index contributed by atoms with van der Waals surface area (Å²) in [5.74, 6) is 1.24. The summed E-state index contributed by atoms with van der Waals surface area (Å²) in [7, 11) is -1.04. The van der Waals surface area contributed by atoms with Crippen molar-refractivity contribution >= 4 is 21.8 Å². The van der Waals surface area contributed by atoms with Gasteiger partial charge in [-0.1, -0.05) is 12.1 Å². The van der Waals surface area contributed by atoms with E-state index in [9.17, 15) is 4.21 Å². The van der Waals surface area contributed by atoms with Crippen molar-refractivity contribution in [3.05, 3.63) is 30.5 Å². The van der Waals surface area contributed by atoms with Crippen molar-refractivity contribution in [2.75, 3.05) is 18.8 Å². The summed E-state index contributed by atoms with van der Waals surface area (Å²) >= 11 is 0. The Labute approximate surface area is 115 Å². The lowest BCUT2D eigenvalue weighted by Gasteiger charge is -2.21. The Morgan fingerprint density at radius 3 is 2.74 bits per heavy atom. The Hall–Kier alpha value is -1.33. The SMILES string of the molecule is O=[S@](CC1CCNCC1)c1cnc2ccccc2n1. The number of nitrogens with one attached hydrogen (secondary N) is 1. The molecule has 5 heteroatoms. The summed E-state index contributed by atoms with van der Waals surface area (Å²) in [6.45, 7) is 2.07. The van der Waals surface area contributed by atoms with Gasteiger partial charge in [0.05, 0.1) is 28.0 Å². The van der Waals surface area contributed by atoms with Crippen LogP contribution in [0.1, 0.15) is 12.8 Å². The fraction of sp³-hybridized carbons (Fsp3) is 0.429. The number of benzene rings is 1. The molecule has 2 heterocycles. The Morgan fingerprint density at radius 2 is 1.95 bits per heavy atom. The molecule has 1 N–H and O–H groups in total. The highest BCUT2D eigenvalue weighted by Gasteiger charge is 2.18. The van der Waals surface area contributed by atoms with Crippen molar-refractivity contribution < 1.29 is 4.21 Å². The largest absolute Gasteiger partial charge is 0.317 e. The quantitative estimate of drug-likeness (QED) is 0.927. The van der Waals surface area contributed by atoms with E-state index in [0.717, 1.165) is 37.0 Å². The van der Waals surface area contributed by atoms with Gasteiger partial charge in [0.15, 0.2) is 0 Å². The van der Waals surface area contributed by atoms with Crippen LogP contribution in [-0.2, 0) is 10.8 Å². The second kappa shape index (κ2) is 5.75. The molecule has 19 heavy (non-hydrogen) atoms. The molecule has 1 fully saturated rings. The highest BCUT2D eigenvalue weighted by Crippen LogP contribution is 2.17. The lowest BCUT2D eigenvalue weighted by Crippen LogP contribution is -2.30. The smallest absolute Gasteiger partial charge is 0.146 e. The molecule has 100 valence electrons. The van der Waals surface area contributed by atoms with E-state index in [-0.39, 0.29) is 0 Å². The summed E-state index contributed by atoms with van der Waals surface area (Å²) in [6, 6.07) is 7.69. The first-order valence-corrected chi connectivity index (χ1v) is 7.96. The van der Waals surface area contributed by atoms with Crippen LogP contribution in [0.2, 0.25) is 0 Å². The minimum atomic E-state index is -1.04. The first-order chi connectivity index (χ1) is 9.33. The molecule has 0 aliphatic carbocycles. The molecule has 0 radical (unpaired) electrons. The second-order valence-electron chi connectivity index (χ2n) is 4.90. The number of piperidine rings is 1. The average molecular weight is 275 g/mol. The number of rotatable bonds is 3. The van der Waals surface area contributed by atoms with E-state index < -0.39 is 10.8 Å². The first-order valence-electron chi connectivity index (χ1n) is 6.64. The van der Waals surface area contributed by atoms with Gasteiger partial charge in [0, 0.05) is 5.75 Å². The maximum absolute atomic E-state index is 12.3. The third-order valence-corrected chi connectivity index (χ3v) is 4.94. The van der Waals surface area contributed by atoms with E-state index in [4.69, 9.17) is 0 Å². The standard InChI is InChI=1S/C14H17N3OS/c18-19(10-11-5-7-15-8-6-11)14-9-16-12-3-1-2-4-13(12)17-14/h1-4,9,11,15H,5-8,10H2/t19-/m1/s1. The van der Waals surface area contributed by atoms with Crippen LogP contribution >= 0.6 is 0 Å². The number of para-hydroxylation sites is 2. The van der Waals surface area contributed by atoms with Gasteiger partial charge in [-0.3, -0.25) is 9.19 Å². The van der Waals surface area contributed by atoms with Crippen LogP contribution in [0.15, 0.2) is 35.5 Å². The molecule has 1 aromatic heterocycles. The maximum atomic E-state index is 12.3. The molecular formula is C14H17N3OS. The summed E-state index contributed by atoms with van der Waals surface area (Å²) in [6.07, 6.45) is 3.86. The zero-order chi connectivity index (χ0) is 13.1. The Kier molecular flexibility index (Phi) is 3.84. The van der Waals surface area contributed by atoms with E-state index >= 15 is 0 Å². The third-order valence-electron chi connectivity index (χ3n) is 3.51. The molecule has 0 unspecified atom stereocenters. The second-order valence-corrected chi connectivity index (χ2v) is 6.35. The molecule has 0 bridgehead atoms. The molecule has 0 amide bonds. The van der Waals surface area contributed by atoms with Gasteiger partial charge in [0.1, 0.15) is 5.03 Å². The van der Waals surface area contributed by atoms with Gasteiger partial charge in [0.2, 0.25) is 0 Å². The van der Waals surface area contributed by atoms with Gasteiger partial charge < -0.3 is 5.32 Å². The molecule has 2 aromatic rings. The molecule has 0 spiro atoms. The Bertz CT molecular complexity index is 596. The van der Waals surface area contributed by atoms with Crippen molar-refractivity contribution in [1.29, 1.82) is 0 Å². The topological polar surface area (TPSA) is 54.9 Å². The fourth-order valence-corrected chi connectivity index (χ4v) is 3.70. The third kappa shape index (κ3) is 2.98. The monoisotopic (exact) mass is 275 g/mol. The van der Waals surface area contributed by atoms with Gasteiger partial charge in [-0.05, 0) is 44.0 Å². The van der Waals surface area contributed by atoms with E-state index in [1.54, 1.807) is 6.20 Å². The lowest BCUT2D eigenvalue weighted by molar-refractivity contribution is 0.405. The predicted octanol–water partition coefficient (Wildman–Crippen LogP) is 1.74. The zero-order valence-corrected chi connectivity index (χ0v) is 11.5. The van der Waals surface area contributed by atoms with Gasteiger partial charge >= 0.3 is 0 Å². The molecular weight excluding hydrogens is 258 g/mol. The lowest BCUT2D eigenvalue weighted by atomic mass is 10.0. The molecule has 1 aliphatic heterocycles. The average Bonchev–Trinajstić information content (AvgIpc) is 2.48. The highest BCUT2D eigenvalue weighted by molar-refractivity contribution is 7.84. The molecule has 1 atom stereocenters. The first kappa shape index (κ1) is 12.7. The van der Waals surface area contributed by atoms with Crippen LogP contribution in [-0.4, -0.2) is 33.0 Å². The molecule has 1 aliphatic rings. The Morgan fingerprint density at radius 1 is 1.21 bits per heavy atom. The van der Waals surface area contributed by atoms with Crippen molar-refractivity contribution in [2.24, 2.45) is 5.92 Å². The van der Waals surface area contributed by atoms with Crippen LogP contribution in [0.25, 0.3) is 11.0 Å². The maximum Gasteiger partial charge on any atom is 0.146 e. The number of aromatic nitrogens is 2. The fourth-order valence-electron chi connectivity index (χ4n) is 2.40. The molecule has 3 rings (SSSR count). The van der Waals surface area contributed by atoms with Crippen molar-refractivity contribution in [3.63, 3.8) is 0 Å². The summed E-state index contributed by atoms with van der Waals surface area (Å²) in [5, 5.41) is 3.93. The van der Waals surface area contributed by atoms with Crippen LogP contribution < -0.4 is 5.32 Å². The normalized spacial score (nSPS) is 18.5. The van der Waals surface area contributed by atoms with Gasteiger partial charge in [-0.25, -0.2) is 4.98 Å². The van der Waals surface area contributed by atoms with Crippen molar-refractivity contribution in [1.82, 2.24) is 15.3 Å².